The van der Waals surface area contributed by atoms with Crippen molar-refractivity contribution in [3.05, 3.63) is 29.6 Å². The van der Waals surface area contributed by atoms with Crippen molar-refractivity contribution in [2.75, 3.05) is 26.2 Å². The average molecular weight is 291 g/mol. The molecule has 0 aromatic carbocycles. The summed E-state index contributed by atoms with van der Waals surface area (Å²) in [5.74, 6) is 4.80. The average Bonchev–Trinajstić information content (AvgIpc) is 2.96. The van der Waals surface area contributed by atoms with Gasteiger partial charge < -0.3 is 0 Å². The molecular weight excluding hydrogens is 266 g/mol. The summed E-state index contributed by atoms with van der Waals surface area (Å²) in [6, 6.07) is 6.12. The zero-order chi connectivity index (χ0) is 15.2. The van der Waals surface area contributed by atoms with Crippen molar-refractivity contribution in [2.45, 2.75) is 32.9 Å². The second kappa shape index (κ2) is 7.49. The number of rotatable bonds is 6. The van der Waals surface area contributed by atoms with E-state index in [1.807, 2.05) is 12.1 Å². The number of carbonyl (C=O) groups is 1. The number of likely N-dealkylation sites (tertiary alicyclic amines) is 1. The molecule has 0 saturated carbocycles. The first kappa shape index (κ1) is 15.9. The smallest absolute Gasteiger partial charge is 0.283 e. The van der Waals surface area contributed by atoms with Crippen molar-refractivity contribution in [3.63, 3.8) is 0 Å². The minimum atomic E-state index is -0.348. The van der Waals surface area contributed by atoms with Gasteiger partial charge >= 0.3 is 0 Å². The lowest BCUT2D eigenvalue weighted by molar-refractivity contribution is 0.0948. The molecular formula is C15H25N5O. The molecule has 1 aliphatic rings. The van der Waals surface area contributed by atoms with Crippen molar-refractivity contribution in [3.8, 4) is 0 Å². The lowest BCUT2D eigenvalue weighted by Crippen LogP contribution is -2.37. The van der Waals surface area contributed by atoms with E-state index < -0.39 is 0 Å². The third-order valence-corrected chi connectivity index (χ3v) is 4.13. The van der Waals surface area contributed by atoms with Gasteiger partial charge in [-0.05, 0) is 31.6 Å². The van der Waals surface area contributed by atoms with Crippen molar-refractivity contribution in [1.29, 1.82) is 0 Å². The highest BCUT2D eigenvalue weighted by atomic mass is 16.2. The molecule has 2 rings (SSSR count). The predicted molar refractivity (Wildman–Crippen MR) is 82.5 cm³/mol. The van der Waals surface area contributed by atoms with Crippen molar-refractivity contribution in [1.82, 2.24) is 20.2 Å². The van der Waals surface area contributed by atoms with E-state index in [-0.39, 0.29) is 5.91 Å². The third kappa shape index (κ3) is 4.00. The first-order chi connectivity index (χ1) is 10.2. The topological polar surface area (TPSA) is 74.5 Å². The maximum atomic E-state index is 11.5. The summed E-state index contributed by atoms with van der Waals surface area (Å²) >= 11 is 0. The minimum absolute atomic E-state index is 0.348. The number of hydrogen-bond donors (Lipinski definition) is 2. The van der Waals surface area contributed by atoms with E-state index in [1.165, 1.54) is 6.42 Å². The summed E-state index contributed by atoms with van der Waals surface area (Å²) in [4.78, 5) is 20.8. The zero-order valence-corrected chi connectivity index (χ0v) is 12.9. The Kier molecular flexibility index (Phi) is 5.67. The first-order valence-corrected chi connectivity index (χ1v) is 7.61. The van der Waals surface area contributed by atoms with Gasteiger partial charge in [0.15, 0.2) is 0 Å². The van der Waals surface area contributed by atoms with Crippen molar-refractivity contribution < 1.29 is 4.79 Å². The Morgan fingerprint density at radius 1 is 1.48 bits per heavy atom. The van der Waals surface area contributed by atoms with Gasteiger partial charge in [0.1, 0.15) is 5.69 Å². The van der Waals surface area contributed by atoms with Crippen LogP contribution < -0.4 is 11.3 Å². The van der Waals surface area contributed by atoms with Crippen LogP contribution in [0.1, 0.15) is 36.5 Å². The molecule has 1 aromatic heterocycles. The molecule has 116 valence electrons. The molecule has 0 spiro atoms. The zero-order valence-electron chi connectivity index (χ0n) is 12.9. The van der Waals surface area contributed by atoms with E-state index in [0.717, 1.165) is 38.4 Å². The van der Waals surface area contributed by atoms with Gasteiger partial charge in [-0.1, -0.05) is 19.9 Å². The Morgan fingerprint density at radius 2 is 2.24 bits per heavy atom. The van der Waals surface area contributed by atoms with Crippen LogP contribution in [0.15, 0.2) is 18.2 Å². The Hall–Kier alpha value is -1.50. The Labute approximate surface area is 126 Å². The third-order valence-electron chi connectivity index (χ3n) is 4.13. The highest BCUT2D eigenvalue weighted by Gasteiger charge is 2.26. The number of nitrogens with one attached hydrogen (secondary N) is 1. The molecule has 1 aromatic rings. The molecule has 6 nitrogen and oxygen atoms in total. The van der Waals surface area contributed by atoms with Crippen LogP contribution in [-0.4, -0.2) is 52.9 Å². The normalized spacial score (nSPS) is 19.1. The van der Waals surface area contributed by atoms with Crippen LogP contribution in [0.3, 0.4) is 0 Å². The second-order valence-corrected chi connectivity index (χ2v) is 5.39. The van der Waals surface area contributed by atoms with E-state index in [4.69, 9.17) is 5.84 Å². The number of nitrogens with zero attached hydrogens (tertiary/aromatic N) is 3. The van der Waals surface area contributed by atoms with Crippen molar-refractivity contribution >= 4 is 5.91 Å². The molecule has 0 bridgehead atoms. The van der Waals surface area contributed by atoms with Gasteiger partial charge in [-0.25, -0.2) is 10.8 Å². The second-order valence-electron chi connectivity index (χ2n) is 5.39. The largest absolute Gasteiger partial charge is 0.300 e. The number of hydrogen-bond acceptors (Lipinski definition) is 5. The number of nitrogens with two attached hydrogens (primary N) is 1. The Bertz CT molecular complexity index is 475. The highest BCUT2D eigenvalue weighted by Crippen LogP contribution is 2.17. The minimum Gasteiger partial charge on any atom is -0.300 e. The lowest BCUT2D eigenvalue weighted by atomic mass is 10.2. The lowest BCUT2D eigenvalue weighted by Gasteiger charge is -2.26. The Morgan fingerprint density at radius 3 is 2.90 bits per heavy atom. The standard InChI is InChI=1S/C15H25N5O/c1-3-20(4-2)13-8-9-19(11-13)10-12-6-5-7-14(17-12)15(21)18-16/h5-7,13H,3-4,8-11,16H2,1-2H3,(H,18,21). The summed E-state index contributed by atoms with van der Waals surface area (Å²) < 4.78 is 0. The number of carbonyl (C=O) groups excluding carboxylic acids is 1. The molecule has 1 aliphatic heterocycles. The van der Waals surface area contributed by atoms with Crippen LogP contribution in [-0.2, 0) is 6.54 Å². The molecule has 21 heavy (non-hydrogen) atoms. The maximum Gasteiger partial charge on any atom is 0.283 e. The van der Waals surface area contributed by atoms with Crippen LogP contribution in [0.4, 0.5) is 0 Å². The summed E-state index contributed by atoms with van der Waals surface area (Å²) in [5.41, 5.74) is 3.40. The van der Waals surface area contributed by atoms with Crippen molar-refractivity contribution in [2.24, 2.45) is 5.84 Å². The van der Waals surface area contributed by atoms with Gasteiger partial charge in [0.25, 0.3) is 5.91 Å². The van der Waals surface area contributed by atoms with E-state index >= 15 is 0 Å². The van der Waals surface area contributed by atoms with Crippen LogP contribution >= 0.6 is 0 Å². The number of pyridine rings is 1. The fourth-order valence-electron chi connectivity index (χ4n) is 2.99. The van der Waals surface area contributed by atoms with Gasteiger partial charge in [-0.3, -0.25) is 20.0 Å². The van der Waals surface area contributed by atoms with Crippen LogP contribution in [0, 0.1) is 0 Å². The quantitative estimate of drug-likeness (QED) is 0.456. The van der Waals surface area contributed by atoms with E-state index in [2.05, 4.69) is 34.1 Å². The number of hydrazine groups is 1. The first-order valence-electron chi connectivity index (χ1n) is 7.61. The molecule has 2 heterocycles. The fraction of sp³-hybridized carbons (Fsp3) is 0.600. The number of nitrogen functional groups attached to an aromatic ring is 1. The molecule has 1 atom stereocenters. The summed E-state index contributed by atoms with van der Waals surface area (Å²) in [6.07, 6.45) is 1.20. The molecule has 3 N–H and O–H groups in total. The fourth-order valence-corrected chi connectivity index (χ4v) is 2.99. The summed E-state index contributed by atoms with van der Waals surface area (Å²) in [5, 5.41) is 0. The number of amides is 1. The number of aromatic nitrogens is 1. The maximum absolute atomic E-state index is 11.5. The monoisotopic (exact) mass is 291 g/mol. The molecule has 1 amide bonds. The molecule has 1 saturated heterocycles. The van der Waals surface area contributed by atoms with Gasteiger partial charge in [0.05, 0.1) is 5.69 Å². The molecule has 1 fully saturated rings. The van der Waals surface area contributed by atoms with Gasteiger partial charge in [-0.15, -0.1) is 0 Å². The summed E-state index contributed by atoms with van der Waals surface area (Å²) in [7, 11) is 0. The van der Waals surface area contributed by atoms with E-state index in [1.54, 1.807) is 6.07 Å². The van der Waals surface area contributed by atoms with Crippen LogP contribution in [0.5, 0.6) is 0 Å². The van der Waals surface area contributed by atoms with Crippen LogP contribution in [0.2, 0.25) is 0 Å². The molecule has 1 unspecified atom stereocenters. The summed E-state index contributed by atoms with van der Waals surface area (Å²) in [6.45, 7) is 9.54. The molecule has 0 radical (unpaired) electrons. The van der Waals surface area contributed by atoms with Gasteiger partial charge in [0.2, 0.25) is 0 Å². The number of likely N-dealkylation sites (N-methyl/N-ethyl adjacent to an activating group) is 1. The molecule has 0 aliphatic carbocycles. The SMILES string of the molecule is CCN(CC)C1CCN(Cc2cccc(C(=O)NN)n2)C1. The molecule has 6 heteroatoms. The Balaban J connectivity index is 1.95. The van der Waals surface area contributed by atoms with Gasteiger partial charge in [-0.2, -0.15) is 0 Å². The van der Waals surface area contributed by atoms with Crippen LogP contribution in [0.25, 0.3) is 0 Å². The van der Waals surface area contributed by atoms with E-state index in [0.29, 0.717) is 11.7 Å². The highest BCUT2D eigenvalue weighted by molar-refractivity contribution is 5.91. The van der Waals surface area contributed by atoms with Gasteiger partial charge in [0, 0.05) is 25.7 Å². The van der Waals surface area contributed by atoms with E-state index in [9.17, 15) is 4.79 Å². The predicted octanol–water partition coefficient (Wildman–Crippen LogP) is 0.601.